The zero-order valence-corrected chi connectivity index (χ0v) is 23.2. The van der Waals surface area contributed by atoms with E-state index in [1.165, 1.54) is 89.9 Å². The molecule has 0 aliphatic rings. The van der Waals surface area contributed by atoms with Crippen LogP contribution in [0.1, 0.15) is 155 Å². The molecule has 0 N–H and O–H groups in total. The summed E-state index contributed by atoms with van der Waals surface area (Å²) >= 11 is 0. The Hall–Kier alpha value is -1.12. The maximum Gasteiger partial charge on any atom is 0.0466 e. The largest absolute Gasteiger partial charge is 0.381 e. The SMILES string of the molecule is C.C.C.C.C.C=C.C=C.C=C.C=C.CCCCCCCOCCCCC.CCCCCOCCCCC. The van der Waals surface area contributed by atoms with E-state index in [1.54, 1.807) is 0 Å². The summed E-state index contributed by atoms with van der Waals surface area (Å²) < 4.78 is 11.0. The average Bonchev–Trinajstić information content (AvgIpc) is 2.88. The van der Waals surface area contributed by atoms with Crippen molar-refractivity contribution in [3.05, 3.63) is 52.6 Å². The normalized spacial score (nSPS) is 7.24. The number of hydrogen-bond acceptors (Lipinski definition) is 2. The first kappa shape index (κ1) is 70.5. The van der Waals surface area contributed by atoms with Crippen molar-refractivity contribution in [3.8, 4) is 0 Å². The maximum absolute atomic E-state index is 5.52. The minimum absolute atomic E-state index is 0. The highest BCUT2D eigenvalue weighted by Crippen LogP contribution is 2.03. The fourth-order valence-electron chi connectivity index (χ4n) is 2.37. The van der Waals surface area contributed by atoms with E-state index in [4.69, 9.17) is 9.47 Å². The fraction of sp³-hybridized carbons (Fsp3) is 0.771. The van der Waals surface area contributed by atoms with Gasteiger partial charge in [-0.15, -0.1) is 52.6 Å². The van der Waals surface area contributed by atoms with Gasteiger partial charge >= 0.3 is 0 Å². The molecular weight excluding hydrogens is 452 g/mol. The summed E-state index contributed by atoms with van der Waals surface area (Å²) in [6.07, 6.45) is 18.2. The topological polar surface area (TPSA) is 18.5 Å². The van der Waals surface area contributed by atoms with Crippen LogP contribution >= 0.6 is 0 Å². The number of ether oxygens (including phenoxy) is 2. The lowest BCUT2D eigenvalue weighted by atomic mass is 10.2. The van der Waals surface area contributed by atoms with Crippen LogP contribution in [-0.2, 0) is 9.47 Å². The van der Waals surface area contributed by atoms with Gasteiger partial charge in [0.05, 0.1) is 0 Å². The third-order valence-corrected chi connectivity index (χ3v) is 4.07. The van der Waals surface area contributed by atoms with Crippen molar-refractivity contribution < 1.29 is 9.47 Å². The van der Waals surface area contributed by atoms with Gasteiger partial charge < -0.3 is 9.47 Å². The van der Waals surface area contributed by atoms with Crippen LogP contribution in [0.2, 0.25) is 0 Å². The first-order valence-electron chi connectivity index (χ1n) is 13.0. The molecule has 0 radical (unpaired) electrons. The van der Waals surface area contributed by atoms with Gasteiger partial charge in [-0.3, -0.25) is 0 Å². The van der Waals surface area contributed by atoms with Crippen molar-refractivity contribution in [1.29, 1.82) is 0 Å². The van der Waals surface area contributed by atoms with Crippen molar-refractivity contribution in [2.75, 3.05) is 26.4 Å². The zero-order valence-electron chi connectivity index (χ0n) is 23.2. The van der Waals surface area contributed by atoms with Gasteiger partial charge in [0.15, 0.2) is 0 Å². The van der Waals surface area contributed by atoms with Crippen LogP contribution in [0, 0.1) is 0 Å². The molecule has 0 aromatic carbocycles. The standard InChI is InChI=1S/C12H26O.C10H22O.4C2H4.5CH4/c1-3-5-7-8-10-12-13-11-9-6-4-2;1-3-5-7-9-11-10-8-6-4-2;4*1-2;;;;;/h3-12H2,1-2H3;3-10H2,1-2H3;4*1-2H2;5*1H4. The van der Waals surface area contributed by atoms with E-state index >= 15 is 0 Å². The number of rotatable bonds is 18. The summed E-state index contributed by atoms with van der Waals surface area (Å²) in [5.41, 5.74) is 0. The molecule has 0 unspecified atom stereocenters. The second kappa shape index (κ2) is 112. The Kier molecular flexibility index (Phi) is 214. The van der Waals surface area contributed by atoms with Gasteiger partial charge in [-0.25, -0.2) is 0 Å². The maximum atomic E-state index is 5.52. The van der Waals surface area contributed by atoms with Gasteiger partial charge in [0, 0.05) is 26.4 Å². The van der Waals surface area contributed by atoms with Crippen LogP contribution in [0.3, 0.4) is 0 Å². The van der Waals surface area contributed by atoms with Gasteiger partial charge in [-0.2, -0.15) is 0 Å². The number of unbranched alkanes of at least 4 members (excludes halogenated alkanes) is 10. The molecule has 0 saturated carbocycles. The van der Waals surface area contributed by atoms with Crippen molar-refractivity contribution in [2.24, 2.45) is 0 Å². The molecule has 2 nitrogen and oxygen atoms in total. The third-order valence-electron chi connectivity index (χ3n) is 4.07. The van der Waals surface area contributed by atoms with Crippen LogP contribution in [0.5, 0.6) is 0 Å². The molecule has 0 heterocycles. The predicted octanol–water partition coefficient (Wildman–Crippen LogP) is 13.9. The lowest BCUT2D eigenvalue weighted by molar-refractivity contribution is 0.126. The summed E-state index contributed by atoms with van der Waals surface area (Å²) in [5, 5.41) is 0. The summed E-state index contributed by atoms with van der Waals surface area (Å²) in [5.74, 6) is 0. The van der Waals surface area contributed by atoms with E-state index < -0.39 is 0 Å². The third kappa shape index (κ3) is 132. The molecule has 37 heavy (non-hydrogen) atoms. The smallest absolute Gasteiger partial charge is 0.0466 e. The van der Waals surface area contributed by atoms with E-state index in [1.807, 2.05) is 0 Å². The predicted molar refractivity (Wildman–Crippen MR) is 188 cm³/mol. The molecule has 0 bridgehead atoms. The molecule has 0 saturated heterocycles. The van der Waals surface area contributed by atoms with E-state index in [0.29, 0.717) is 0 Å². The van der Waals surface area contributed by atoms with Crippen LogP contribution < -0.4 is 0 Å². The lowest BCUT2D eigenvalue weighted by Crippen LogP contribution is -1.96. The minimum atomic E-state index is 0. The highest BCUT2D eigenvalue weighted by atomic mass is 16.5. The fourth-order valence-corrected chi connectivity index (χ4v) is 2.37. The Balaban J connectivity index is -0.0000000289. The molecule has 0 aromatic heterocycles. The molecule has 0 amide bonds. The first-order valence-corrected chi connectivity index (χ1v) is 13.0. The van der Waals surface area contributed by atoms with Gasteiger partial charge in [0.2, 0.25) is 0 Å². The Morgan fingerprint density at radius 1 is 0.297 bits per heavy atom. The van der Waals surface area contributed by atoms with Crippen LogP contribution in [0.25, 0.3) is 0 Å². The quantitative estimate of drug-likeness (QED) is 0.128. The van der Waals surface area contributed by atoms with E-state index in [2.05, 4.69) is 80.3 Å². The molecule has 2 heteroatoms. The van der Waals surface area contributed by atoms with Gasteiger partial charge in [0.1, 0.15) is 0 Å². The average molecular weight is 537 g/mol. The summed E-state index contributed by atoms with van der Waals surface area (Å²) in [4.78, 5) is 0. The van der Waals surface area contributed by atoms with E-state index in [0.717, 1.165) is 26.4 Å². The molecule has 0 aliphatic carbocycles. The van der Waals surface area contributed by atoms with Gasteiger partial charge in [-0.1, -0.05) is 129 Å². The molecule has 0 fully saturated rings. The number of hydrogen-bond donors (Lipinski definition) is 0. The van der Waals surface area contributed by atoms with Crippen molar-refractivity contribution >= 4 is 0 Å². The van der Waals surface area contributed by atoms with Crippen molar-refractivity contribution in [1.82, 2.24) is 0 Å². The first-order chi connectivity index (χ1) is 15.8. The van der Waals surface area contributed by atoms with E-state index in [-0.39, 0.29) is 37.1 Å². The molecular formula is C35H84O2. The Morgan fingerprint density at radius 3 is 0.676 bits per heavy atom. The summed E-state index contributed by atoms with van der Waals surface area (Å²) in [6.45, 7) is 36.8. The highest BCUT2D eigenvalue weighted by Gasteiger charge is 1.90. The molecule has 0 rings (SSSR count). The monoisotopic (exact) mass is 537 g/mol. The Labute approximate surface area is 243 Å². The highest BCUT2D eigenvalue weighted by molar-refractivity contribution is 4.42. The van der Waals surface area contributed by atoms with Crippen LogP contribution in [-0.4, -0.2) is 26.4 Å². The van der Waals surface area contributed by atoms with Crippen LogP contribution in [0.4, 0.5) is 0 Å². The summed E-state index contributed by atoms with van der Waals surface area (Å²) in [6, 6.07) is 0. The van der Waals surface area contributed by atoms with Gasteiger partial charge in [-0.05, 0) is 25.7 Å². The molecule has 236 valence electrons. The lowest BCUT2D eigenvalue weighted by Gasteiger charge is -2.03. The molecule has 0 atom stereocenters. The Morgan fingerprint density at radius 2 is 0.459 bits per heavy atom. The molecule has 0 spiro atoms. The van der Waals surface area contributed by atoms with Gasteiger partial charge in [0.25, 0.3) is 0 Å². The van der Waals surface area contributed by atoms with Crippen molar-refractivity contribution in [3.63, 3.8) is 0 Å². The Bertz CT molecular complexity index is 205. The molecule has 0 aliphatic heterocycles. The summed E-state index contributed by atoms with van der Waals surface area (Å²) in [7, 11) is 0. The van der Waals surface area contributed by atoms with Crippen LogP contribution in [0.15, 0.2) is 52.6 Å². The van der Waals surface area contributed by atoms with E-state index in [9.17, 15) is 0 Å². The van der Waals surface area contributed by atoms with Crippen molar-refractivity contribution in [2.45, 2.75) is 155 Å². The molecule has 0 aromatic rings. The minimum Gasteiger partial charge on any atom is -0.381 e. The second-order valence-corrected chi connectivity index (χ2v) is 6.76. The zero-order chi connectivity index (χ0) is 26.1. The second-order valence-electron chi connectivity index (χ2n) is 6.76.